The van der Waals surface area contributed by atoms with E-state index < -0.39 is 24.6 Å². The Hall–Kier alpha value is -3.89. The minimum atomic E-state index is -4.56. The molecule has 0 unspecified atom stereocenters. The zero-order chi connectivity index (χ0) is 26.3. The molecular formula is C27H26F3N3O4. The molecule has 2 amide bonds. The fourth-order valence-electron chi connectivity index (χ4n) is 3.79. The zero-order valence-electron chi connectivity index (χ0n) is 19.9. The summed E-state index contributed by atoms with van der Waals surface area (Å²) in [4.78, 5) is 27.3. The largest absolute Gasteiger partial charge is 0.482 e. The molecule has 10 heteroatoms. The number of nitrogens with zero attached hydrogens (tertiary/aromatic N) is 1. The third-order valence-corrected chi connectivity index (χ3v) is 5.63. The van der Waals surface area contributed by atoms with Gasteiger partial charge in [-0.15, -0.1) is 0 Å². The Morgan fingerprint density at radius 3 is 2.24 bits per heavy atom. The summed E-state index contributed by atoms with van der Waals surface area (Å²) in [5.41, 5.74) is 2.69. The van der Waals surface area contributed by atoms with Gasteiger partial charge in [0.05, 0.1) is 25.4 Å². The Balaban J connectivity index is 1.47. The minimum Gasteiger partial charge on any atom is -0.482 e. The van der Waals surface area contributed by atoms with E-state index >= 15 is 0 Å². The van der Waals surface area contributed by atoms with Crippen LogP contribution in [0, 0.1) is 0 Å². The van der Waals surface area contributed by atoms with E-state index in [0.717, 1.165) is 11.1 Å². The lowest BCUT2D eigenvalue weighted by Gasteiger charge is -2.26. The van der Waals surface area contributed by atoms with Gasteiger partial charge in [0.15, 0.2) is 6.61 Å². The lowest BCUT2D eigenvalue weighted by Crippen LogP contribution is -2.41. The highest BCUT2D eigenvalue weighted by molar-refractivity contribution is 6.06. The lowest BCUT2D eigenvalue weighted by atomic mass is 10.1. The molecule has 0 aromatic heterocycles. The van der Waals surface area contributed by atoms with Gasteiger partial charge in [0.2, 0.25) is 5.91 Å². The summed E-state index contributed by atoms with van der Waals surface area (Å²) in [5.74, 6) is -1.11. The summed E-state index contributed by atoms with van der Waals surface area (Å²) in [7, 11) is 0. The first kappa shape index (κ1) is 26.2. The van der Waals surface area contributed by atoms with Gasteiger partial charge in [-0.2, -0.15) is 13.2 Å². The zero-order valence-corrected chi connectivity index (χ0v) is 19.9. The van der Waals surface area contributed by atoms with Crippen LogP contribution in [0.15, 0.2) is 72.8 Å². The third kappa shape index (κ3) is 7.80. The van der Waals surface area contributed by atoms with E-state index in [1.54, 1.807) is 12.1 Å². The molecule has 1 heterocycles. The molecule has 0 spiro atoms. The average molecular weight is 514 g/mol. The molecule has 4 rings (SSSR count). The molecule has 3 aromatic carbocycles. The van der Waals surface area contributed by atoms with Crippen LogP contribution >= 0.6 is 0 Å². The van der Waals surface area contributed by atoms with Crippen LogP contribution in [-0.2, 0) is 9.53 Å². The molecule has 3 aromatic rings. The van der Waals surface area contributed by atoms with E-state index in [9.17, 15) is 22.8 Å². The Morgan fingerprint density at radius 2 is 1.57 bits per heavy atom. The minimum absolute atomic E-state index is 0.0189. The van der Waals surface area contributed by atoms with Crippen molar-refractivity contribution in [3.63, 3.8) is 0 Å². The summed E-state index contributed by atoms with van der Waals surface area (Å²) in [6.07, 6.45) is -4.56. The molecule has 0 atom stereocenters. The molecule has 7 nitrogen and oxygen atoms in total. The molecule has 2 N–H and O–H groups in total. The lowest BCUT2D eigenvalue weighted by molar-refractivity contribution is -0.153. The van der Waals surface area contributed by atoms with Crippen LogP contribution in [0.3, 0.4) is 0 Å². The van der Waals surface area contributed by atoms with Gasteiger partial charge in [0.25, 0.3) is 5.91 Å². The second kappa shape index (κ2) is 11.9. The third-order valence-electron chi connectivity index (χ3n) is 5.63. The van der Waals surface area contributed by atoms with Crippen molar-refractivity contribution in [1.29, 1.82) is 0 Å². The Morgan fingerprint density at radius 1 is 0.892 bits per heavy atom. The molecule has 1 aliphatic rings. The van der Waals surface area contributed by atoms with E-state index in [4.69, 9.17) is 9.47 Å². The quantitative estimate of drug-likeness (QED) is 0.452. The number of morpholine rings is 1. The first-order chi connectivity index (χ1) is 17.8. The highest BCUT2D eigenvalue weighted by Crippen LogP contribution is 2.29. The van der Waals surface area contributed by atoms with Crippen molar-refractivity contribution < 1.29 is 32.2 Å². The first-order valence-corrected chi connectivity index (χ1v) is 11.7. The van der Waals surface area contributed by atoms with Gasteiger partial charge in [0.1, 0.15) is 5.75 Å². The number of benzene rings is 3. The maximum atomic E-state index is 12.9. The molecule has 1 saturated heterocycles. The van der Waals surface area contributed by atoms with Gasteiger partial charge in [0, 0.05) is 24.3 Å². The summed E-state index contributed by atoms with van der Waals surface area (Å²) in [5, 5.41) is 5.35. The van der Waals surface area contributed by atoms with Crippen molar-refractivity contribution in [3.8, 4) is 16.9 Å². The molecule has 194 valence electrons. The number of ether oxygens (including phenoxy) is 2. The van der Waals surface area contributed by atoms with Crippen molar-refractivity contribution in [2.75, 3.05) is 50.1 Å². The number of carbonyl (C=O) groups is 2. The van der Waals surface area contributed by atoms with Crippen molar-refractivity contribution in [2.45, 2.75) is 6.18 Å². The molecule has 0 bridgehead atoms. The highest BCUT2D eigenvalue weighted by atomic mass is 19.4. The number of halogens is 3. The number of carbonyl (C=O) groups excluding carboxylic acids is 2. The predicted octanol–water partition coefficient (Wildman–Crippen LogP) is 4.82. The summed E-state index contributed by atoms with van der Waals surface area (Å²) >= 11 is 0. The van der Waals surface area contributed by atoms with E-state index in [1.807, 2.05) is 47.4 Å². The SMILES string of the molecule is O=C(CN1CCOCC1)Nc1cc(C(=O)Nc2ccc(-c3ccccc3)cc2)ccc1OCC(F)(F)F. The first-order valence-electron chi connectivity index (χ1n) is 11.7. The van der Waals surface area contributed by atoms with Gasteiger partial charge in [-0.05, 0) is 41.5 Å². The molecule has 0 saturated carbocycles. The van der Waals surface area contributed by atoms with Crippen LogP contribution in [0.2, 0.25) is 0 Å². The standard InChI is InChI=1S/C27H26F3N3O4/c28-27(29,30)18-37-24-11-8-21(16-23(24)32-25(34)17-33-12-14-36-15-13-33)26(35)31-22-9-6-20(7-10-22)19-4-2-1-3-5-19/h1-11,16H,12-15,17-18H2,(H,31,35)(H,32,34). The van der Waals surface area contributed by atoms with Gasteiger partial charge < -0.3 is 20.1 Å². The van der Waals surface area contributed by atoms with Gasteiger partial charge in [-0.3, -0.25) is 14.5 Å². The fraction of sp³-hybridized carbons (Fsp3) is 0.259. The van der Waals surface area contributed by atoms with E-state index in [0.29, 0.717) is 32.0 Å². The number of nitrogens with one attached hydrogen (secondary N) is 2. The Bertz CT molecular complexity index is 1210. The van der Waals surface area contributed by atoms with Gasteiger partial charge in [-0.25, -0.2) is 0 Å². The summed E-state index contributed by atoms with van der Waals surface area (Å²) in [6, 6.07) is 20.9. The second-order valence-corrected chi connectivity index (χ2v) is 8.45. The van der Waals surface area contributed by atoms with Crippen LogP contribution < -0.4 is 15.4 Å². The van der Waals surface area contributed by atoms with Crippen molar-refractivity contribution >= 4 is 23.2 Å². The fourth-order valence-corrected chi connectivity index (χ4v) is 3.79. The maximum absolute atomic E-state index is 12.9. The smallest absolute Gasteiger partial charge is 0.422 e. The maximum Gasteiger partial charge on any atom is 0.422 e. The van der Waals surface area contributed by atoms with E-state index in [1.165, 1.54) is 18.2 Å². The van der Waals surface area contributed by atoms with Crippen LogP contribution in [0.5, 0.6) is 5.75 Å². The van der Waals surface area contributed by atoms with Gasteiger partial charge >= 0.3 is 6.18 Å². The van der Waals surface area contributed by atoms with Crippen LogP contribution in [0.1, 0.15) is 10.4 Å². The van der Waals surface area contributed by atoms with Crippen molar-refractivity contribution in [1.82, 2.24) is 4.90 Å². The normalized spacial score (nSPS) is 14.1. The molecular weight excluding hydrogens is 487 g/mol. The van der Waals surface area contributed by atoms with E-state index in [2.05, 4.69) is 10.6 Å². The van der Waals surface area contributed by atoms with Crippen molar-refractivity contribution in [2.24, 2.45) is 0 Å². The predicted molar refractivity (Wildman–Crippen MR) is 134 cm³/mol. The topological polar surface area (TPSA) is 79.9 Å². The summed E-state index contributed by atoms with van der Waals surface area (Å²) < 4.78 is 48.4. The molecule has 1 fully saturated rings. The number of alkyl halides is 3. The van der Waals surface area contributed by atoms with E-state index in [-0.39, 0.29) is 23.5 Å². The number of rotatable bonds is 8. The average Bonchev–Trinajstić information content (AvgIpc) is 2.89. The van der Waals surface area contributed by atoms with Crippen LogP contribution in [-0.4, -0.2) is 62.3 Å². The number of hydrogen-bond acceptors (Lipinski definition) is 5. The van der Waals surface area contributed by atoms with Crippen LogP contribution in [0.4, 0.5) is 24.5 Å². The van der Waals surface area contributed by atoms with Gasteiger partial charge in [-0.1, -0.05) is 42.5 Å². The Labute approximate surface area is 212 Å². The number of hydrogen-bond donors (Lipinski definition) is 2. The highest BCUT2D eigenvalue weighted by Gasteiger charge is 2.29. The molecule has 0 radical (unpaired) electrons. The number of amides is 2. The Kier molecular flexibility index (Phi) is 8.42. The molecule has 1 aliphatic heterocycles. The summed E-state index contributed by atoms with van der Waals surface area (Å²) in [6.45, 7) is 0.627. The second-order valence-electron chi connectivity index (χ2n) is 8.45. The number of anilines is 2. The molecule has 37 heavy (non-hydrogen) atoms. The monoisotopic (exact) mass is 513 g/mol. The van der Waals surface area contributed by atoms with Crippen molar-refractivity contribution in [3.05, 3.63) is 78.4 Å². The molecule has 0 aliphatic carbocycles. The van der Waals surface area contributed by atoms with Crippen LogP contribution in [0.25, 0.3) is 11.1 Å².